The Morgan fingerprint density at radius 3 is 2.60 bits per heavy atom. The molecule has 0 aliphatic heterocycles. The number of amides is 1. The van der Waals surface area contributed by atoms with Crippen molar-refractivity contribution in [1.82, 2.24) is 5.32 Å². The summed E-state index contributed by atoms with van der Waals surface area (Å²) in [6.45, 7) is 0.363. The van der Waals surface area contributed by atoms with Gasteiger partial charge in [0.2, 0.25) is 5.91 Å². The average molecular weight is 208 g/mol. The Hall–Kier alpha value is -1.39. The van der Waals surface area contributed by atoms with E-state index in [4.69, 9.17) is 10.8 Å². The molecule has 4 nitrogen and oxygen atoms in total. The molecule has 0 fully saturated rings. The van der Waals surface area contributed by atoms with Crippen molar-refractivity contribution >= 4 is 5.91 Å². The average Bonchev–Trinajstić information content (AvgIpc) is 2.25. The van der Waals surface area contributed by atoms with Crippen molar-refractivity contribution in [1.29, 1.82) is 0 Å². The summed E-state index contributed by atoms with van der Waals surface area (Å²) < 4.78 is 0. The molecule has 82 valence electrons. The number of nitrogens with two attached hydrogens (primary N) is 1. The van der Waals surface area contributed by atoms with Crippen LogP contribution in [0.4, 0.5) is 0 Å². The first kappa shape index (κ1) is 11.7. The molecule has 0 aliphatic rings. The molecule has 0 saturated heterocycles. The second-order valence-electron chi connectivity index (χ2n) is 3.33. The molecular formula is C11H16N2O2. The fourth-order valence-corrected chi connectivity index (χ4v) is 1.29. The van der Waals surface area contributed by atoms with Crippen LogP contribution in [0.2, 0.25) is 0 Å². The normalized spacial score (nSPS) is 12.3. The summed E-state index contributed by atoms with van der Waals surface area (Å²) in [7, 11) is 0. The van der Waals surface area contributed by atoms with Gasteiger partial charge in [-0.05, 0) is 18.5 Å². The summed E-state index contributed by atoms with van der Waals surface area (Å²) in [5.74, 6) is -0.523. The summed E-state index contributed by atoms with van der Waals surface area (Å²) in [6.07, 6.45) is 0.810. The molecule has 0 spiro atoms. The maximum Gasteiger partial charge on any atom is 0.236 e. The second-order valence-corrected chi connectivity index (χ2v) is 3.33. The van der Waals surface area contributed by atoms with Gasteiger partial charge >= 0.3 is 0 Å². The smallest absolute Gasteiger partial charge is 0.236 e. The van der Waals surface area contributed by atoms with Gasteiger partial charge in [0.05, 0.1) is 6.61 Å². The highest BCUT2D eigenvalue weighted by atomic mass is 16.3. The van der Waals surface area contributed by atoms with Crippen LogP contribution in [-0.2, 0) is 11.2 Å². The van der Waals surface area contributed by atoms with Crippen LogP contribution < -0.4 is 11.1 Å². The van der Waals surface area contributed by atoms with E-state index in [1.165, 1.54) is 5.56 Å². The van der Waals surface area contributed by atoms with Crippen molar-refractivity contribution in [3.05, 3.63) is 35.9 Å². The van der Waals surface area contributed by atoms with Gasteiger partial charge in [0, 0.05) is 0 Å². The van der Waals surface area contributed by atoms with Gasteiger partial charge in [-0.2, -0.15) is 0 Å². The lowest BCUT2D eigenvalue weighted by molar-refractivity contribution is -0.120. The third-order valence-electron chi connectivity index (χ3n) is 2.17. The van der Waals surface area contributed by atoms with E-state index in [1.54, 1.807) is 0 Å². The standard InChI is InChI=1S/C11H16N2O2/c12-11(15)10(8-14)13-7-6-9-4-2-1-3-5-9/h1-5,10,13-14H,6-8H2,(H2,12,15)/t10-/m1/s1. The van der Waals surface area contributed by atoms with Crippen LogP contribution in [0.5, 0.6) is 0 Å². The topological polar surface area (TPSA) is 75.4 Å². The van der Waals surface area contributed by atoms with Gasteiger partial charge in [-0.15, -0.1) is 0 Å². The Labute approximate surface area is 89.1 Å². The fourth-order valence-electron chi connectivity index (χ4n) is 1.29. The van der Waals surface area contributed by atoms with E-state index in [-0.39, 0.29) is 6.61 Å². The van der Waals surface area contributed by atoms with Gasteiger partial charge in [-0.25, -0.2) is 0 Å². The number of hydrogen-bond acceptors (Lipinski definition) is 3. The van der Waals surface area contributed by atoms with E-state index < -0.39 is 11.9 Å². The molecule has 4 heteroatoms. The van der Waals surface area contributed by atoms with Crippen molar-refractivity contribution < 1.29 is 9.90 Å². The number of carbonyl (C=O) groups excluding carboxylic acids is 1. The number of aliphatic hydroxyl groups excluding tert-OH is 1. The van der Waals surface area contributed by atoms with Gasteiger partial charge in [-0.1, -0.05) is 30.3 Å². The summed E-state index contributed by atoms with van der Waals surface area (Å²) >= 11 is 0. The lowest BCUT2D eigenvalue weighted by Crippen LogP contribution is -2.44. The van der Waals surface area contributed by atoms with E-state index in [2.05, 4.69) is 5.32 Å². The van der Waals surface area contributed by atoms with Crippen molar-refractivity contribution in [3.63, 3.8) is 0 Å². The second kappa shape index (κ2) is 6.16. The molecule has 15 heavy (non-hydrogen) atoms. The van der Waals surface area contributed by atoms with Crippen LogP contribution in [0.1, 0.15) is 5.56 Å². The predicted octanol–water partition coefficient (Wildman–Crippen LogP) is -0.335. The Kier molecular flexibility index (Phi) is 4.80. The lowest BCUT2D eigenvalue weighted by atomic mass is 10.1. The summed E-state index contributed by atoms with van der Waals surface area (Å²) in [6, 6.07) is 9.27. The van der Waals surface area contributed by atoms with E-state index in [0.29, 0.717) is 6.54 Å². The minimum absolute atomic E-state index is 0.260. The third-order valence-corrected chi connectivity index (χ3v) is 2.17. The molecule has 1 amide bonds. The number of hydrogen-bond donors (Lipinski definition) is 3. The summed E-state index contributed by atoms with van der Waals surface area (Å²) in [4.78, 5) is 10.8. The highest BCUT2D eigenvalue weighted by Gasteiger charge is 2.11. The van der Waals surface area contributed by atoms with E-state index in [1.807, 2.05) is 30.3 Å². The monoisotopic (exact) mass is 208 g/mol. The Balaban J connectivity index is 2.30. The Morgan fingerprint density at radius 1 is 1.40 bits per heavy atom. The van der Waals surface area contributed by atoms with Gasteiger partial charge in [0.15, 0.2) is 0 Å². The number of benzene rings is 1. The molecule has 0 unspecified atom stereocenters. The number of primary amides is 1. The van der Waals surface area contributed by atoms with Crippen molar-refractivity contribution in [3.8, 4) is 0 Å². The van der Waals surface area contributed by atoms with Crippen molar-refractivity contribution in [2.45, 2.75) is 12.5 Å². The zero-order valence-corrected chi connectivity index (χ0v) is 8.52. The summed E-state index contributed by atoms with van der Waals surface area (Å²) in [5.41, 5.74) is 6.25. The molecule has 4 N–H and O–H groups in total. The first-order chi connectivity index (χ1) is 7.24. The maximum atomic E-state index is 10.8. The molecule has 0 aromatic heterocycles. The SMILES string of the molecule is NC(=O)[C@@H](CO)NCCc1ccccc1. The minimum atomic E-state index is -0.645. The van der Waals surface area contributed by atoms with Crippen LogP contribution in [0, 0.1) is 0 Å². The molecule has 1 rings (SSSR count). The van der Waals surface area contributed by atoms with Crippen LogP contribution in [0.3, 0.4) is 0 Å². The molecule has 0 bridgehead atoms. The number of aliphatic hydroxyl groups is 1. The van der Waals surface area contributed by atoms with Crippen molar-refractivity contribution in [2.75, 3.05) is 13.2 Å². The molecule has 0 aliphatic carbocycles. The fraction of sp³-hybridized carbons (Fsp3) is 0.364. The van der Waals surface area contributed by atoms with Crippen LogP contribution in [0.15, 0.2) is 30.3 Å². The lowest BCUT2D eigenvalue weighted by Gasteiger charge is -2.11. The van der Waals surface area contributed by atoms with E-state index in [0.717, 1.165) is 6.42 Å². The molecule has 0 saturated carbocycles. The van der Waals surface area contributed by atoms with Gasteiger partial charge in [0.25, 0.3) is 0 Å². The highest BCUT2D eigenvalue weighted by Crippen LogP contribution is 1.98. The minimum Gasteiger partial charge on any atom is -0.394 e. The predicted molar refractivity (Wildman–Crippen MR) is 58.2 cm³/mol. The van der Waals surface area contributed by atoms with E-state index in [9.17, 15) is 4.79 Å². The van der Waals surface area contributed by atoms with Crippen LogP contribution in [-0.4, -0.2) is 30.2 Å². The van der Waals surface area contributed by atoms with Crippen LogP contribution in [0.25, 0.3) is 0 Å². The van der Waals surface area contributed by atoms with E-state index >= 15 is 0 Å². The molecule has 0 heterocycles. The first-order valence-electron chi connectivity index (χ1n) is 4.91. The molecule has 1 atom stereocenters. The number of carbonyl (C=O) groups is 1. The largest absolute Gasteiger partial charge is 0.394 e. The molecular weight excluding hydrogens is 192 g/mol. The zero-order chi connectivity index (χ0) is 11.1. The quantitative estimate of drug-likeness (QED) is 0.599. The number of rotatable bonds is 6. The third kappa shape index (κ3) is 4.10. The maximum absolute atomic E-state index is 10.8. The Bertz CT molecular complexity index is 301. The Morgan fingerprint density at radius 2 is 2.07 bits per heavy atom. The van der Waals surface area contributed by atoms with Gasteiger partial charge in [0.1, 0.15) is 6.04 Å². The van der Waals surface area contributed by atoms with Crippen molar-refractivity contribution in [2.24, 2.45) is 5.73 Å². The van der Waals surface area contributed by atoms with Gasteiger partial charge in [-0.3, -0.25) is 4.79 Å². The van der Waals surface area contributed by atoms with Crippen LogP contribution >= 0.6 is 0 Å². The molecule has 0 radical (unpaired) electrons. The highest BCUT2D eigenvalue weighted by molar-refractivity contribution is 5.79. The summed E-state index contributed by atoms with van der Waals surface area (Å²) in [5, 5.41) is 11.7. The first-order valence-corrected chi connectivity index (χ1v) is 4.91. The molecule has 1 aromatic rings. The van der Waals surface area contributed by atoms with Gasteiger partial charge < -0.3 is 16.2 Å². The zero-order valence-electron chi connectivity index (χ0n) is 8.52. The number of nitrogens with one attached hydrogen (secondary N) is 1. The molecule has 1 aromatic carbocycles.